The highest BCUT2D eigenvalue weighted by Gasteiger charge is 2.19. The van der Waals surface area contributed by atoms with E-state index in [0.29, 0.717) is 6.54 Å². The van der Waals surface area contributed by atoms with Crippen LogP contribution in [0.4, 0.5) is 0 Å². The minimum Gasteiger partial charge on any atom is -0.393 e. The van der Waals surface area contributed by atoms with E-state index < -0.39 is 18.6 Å². The number of hydrogen-bond acceptors (Lipinski definition) is 3. The number of hydrogen-bond donors (Lipinski definition) is 2. The van der Waals surface area contributed by atoms with Gasteiger partial charge in [0.1, 0.15) is 0 Å². The number of aliphatic hydroxyl groups excluding tert-OH is 2. The van der Waals surface area contributed by atoms with Crippen molar-refractivity contribution in [3.8, 4) is 0 Å². The van der Waals surface area contributed by atoms with Crippen LogP contribution in [0.3, 0.4) is 0 Å². The van der Waals surface area contributed by atoms with Gasteiger partial charge in [0.05, 0.1) is 13.2 Å². The second-order valence-corrected chi connectivity index (χ2v) is 2.38. The van der Waals surface area contributed by atoms with Crippen LogP contribution in [-0.4, -0.2) is 40.3 Å². The molecule has 0 saturated carbocycles. The summed E-state index contributed by atoms with van der Waals surface area (Å²) in [6.07, 6.45) is 6.34. The van der Waals surface area contributed by atoms with Crippen LogP contribution in [0.25, 0.3) is 0 Å². The molecule has 1 aliphatic heterocycles. The molecule has 1 unspecified atom stereocenters. The molecule has 0 bridgehead atoms. The first-order valence-electron chi connectivity index (χ1n) is 3.58. The lowest BCUT2D eigenvalue weighted by Crippen LogP contribution is -2.38. The zero-order valence-electron chi connectivity index (χ0n) is 6.47. The number of aliphatic hydroxyl groups is 2. The lowest BCUT2D eigenvalue weighted by atomic mass is 10.3. The Morgan fingerprint density at radius 3 is 3.00 bits per heavy atom. The van der Waals surface area contributed by atoms with Crippen LogP contribution in [0.5, 0.6) is 0 Å². The van der Waals surface area contributed by atoms with Crippen molar-refractivity contribution in [3.05, 3.63) is 24.4 Å². The van der Waals surface area contributed by atoms with Gasteiger partial charge >= 0.3 is 0 Å². The number of amides is 1. The minimum absolute atomic E-state index is 0.326. The summed E-state index contributed by atoms with van der Waals surface area (Å²) in [5.41, 5.74) is 0. The van der Waals surface area contributed by atoms with Crippen molar-refractivity contribution in [1.29, 1.82) is 0 Å². The normalized spacial score (nSPS) is 18.0. The summed E-state index contributed by atoms with van der Waals surface area (Å²) in [4.78, 5) is 12.4. The van der Waals surface area contributed by atoms with Crippen LogP contribution in [0.15, 0.2) is 18.4 Å². The van der Waals surface area contributed by atoms with Gasteiger partial charge in [-0.2, -0.15) is 0 Å². The monoisotopic (exact) mass is 168 g/mol. The maximum atomic E-state index is 11.1. The van der Waals surface area contributed by atoms with E-state index in [0.717, 1.165) is 0 Å². The zero-order valence-corrected chi connectivity index (χ0v) is 6.47. The summed E-state index contributed by atoms with van der Waals surface area (Å²) < 4.78 is 0. The number of allylic oxidation sites excluding steroid dienone is 2. The summed E-state index contributed by atoms with van der Waals surface area (Å²) in [5.74, 6) is -0.505. The van der Waals surface area contributed by atoms with Crippen LogP contribution < -0.4 is 0 Å². The second-order valence-electron chi connectivity index (χ2n) is 2.38. The van der Waals surface area contributed by atoms with Gasteiger partial charge in [0.2, 0.25) is 0 Å². The van der Waals surface area contributed by atoms with E-state index in [1.54, 1.807) is 12.2 Å². The van der Waals surface area contributed by atoms with Gasteiger partial charge in [-0.1, -0.05) is 6.08 Å². The van der Waals surface area contributed by atoms with E-state index in [1.807, 2.05) is 0 Å². The molecule has 0 aromatic rings. The summed E-state index contributed by atoms with van der Waals surface area (Å²) in [5, 5.41) is 17.5. The molecule has 0 fully saturated rings. The Morgan fingerprint density at radius 2 is 2.50 bits per heavy atom. The molecule has 0 aromatic carbocycles. The van der Waals surface area contributed by atoms with Gasteiger partial charge in [0.25, 0.3) is 5.91 Å². The van der Waals surface area contributed by atoms with Crippen LogP contribution in [-0.2, 0) is 4.79 Å². The molecule has 1 radical (unpaired) electrons. The number of nitrogens with zero attached hydrogens (tertiary/aromatic N) is 1. The minimum atomic E-state index is -1.32. The van der Waals surface area contributed by atoms with E-state index in [-0.39, 0.29) is 0 Å². The molecule has 4 nitrogen and oxygen atoms in total. The Balaban J connectivity index is 2.53. The smallest absolute Gasteiger partial charge is 0.258 e. The number of carbonyl (C=O) groups is 1. The van der Waals surface area contributed by atoms with Gasteiger partial charge in [-0.05, 0) is 12.2 Å². The van der Waals surface area contributed by atoms with Crippen LogP contribution in [0.2, 0.25) is 0 Å². The van der Waals surface area contributed by atoms with Crippen LogP contribution in [0, 0.1) is 6.08 Å². The molecule has 0 aliphatic carbocycles. The molecular weight excluding hydrogens is 158 g/mol. The topological polar surface area (TPSA) is 60.8 Å². The first-order valence-corrected chi connectivity index (χ1v) is 3.58. The Hall–Kier alpha value is -1.13. The van der Waals surface area contributed by atoms with Gasteiger partial charge < -0.3 is 15.1 Å². The van der Waals surface area contributed by atoms with Crippen molar-refractivity contribution in [1.82, 2.24) is 4.90 Å². The van der Waals surface area contributed by atoms with Crippen molar-refractivity contribution < 1.29 is 15.0 Å². The average molecular weight is 168 g/mol. The third-order valence-electron chi connectivity index (χ3n) is 1.48. The predicted octanol–water partition coefficient (Wildman–Crippen LogP) is -0.945. The second kappa shape index (κ2) is 4.04. The molecule has 12 heavy (non-hydrogen) atoms. The number of carbonyl (C=O) groups excluding carboxylic acids is 1. The quantitative estimate of drug-likeness (QED) is 0.559. The van der Waals surface area contributed by atoms with Gasteiger partial charge in [0.15, 0.2) is 6.10 Å². The molecule has 1 atom stereocenters. The molecule has 1 aliphatic rings. The molecule has 4 heteroatoms. The maximum absolute atomic E-state index is 11.1. The molecule has 1 rings (SSSR count). The van der Waals surface area contributed by atoms with E-state index in [4.69, 9.17) is 10.2 Å². The fraction of sp³-hybridized carbons (Fsp3) is 0.375. The molecule has 0 aromatic heterocycles. The summed E-state index contributed by atoms with van der Waals surface area (Å²) in [6, 6.07) is 0. The molecule has 0 saturated heterocycles. The van der Waals surface area contributed by atoms with Crippen molar-refractivity contribution >= 4 is 5.91 Å². The van der Waals surface area contributed by atoms with Gasteiger partial charge in [-0.25, -0.2) is 0 Å². The summed E-state index contributed by atoms with van der Waals surface area (Å²) >= 11 is 0. The van der Waals surface area contributed by atoms with Crippen molar-refractivity contribution in [2.45, 2.75) is 6.10 Å². The highest BCUT2D eigenvalue weighted by Crippen LogP contribution is 2.00. The van der Waals surface area contributed by atoms with Gasteiger partial charge in [0, 0.05) is 6.20 Å². The van der Waals surface area contributed by atoms with E-state index in [9.17, 15) is 4.79 Å². The lowest BCUT2D eigenvalue weighted by molar-refractivity contribution is -0.139. The highest BCUT2D eigenvalue weighted by molar-refractivity contribution is 5.82. The van der Waals surface area contributed by atoms with E-state index in [2.05, 4.69) is 6.08 Å². The Kier molecular flexibility index (Phi) is 3.01. The molecule has 1 heterocycles. The first-order chi connectivity index (χ1) is 5.75. The molecule has 2 N–H and O–H groups in total. The van der Waals surface area contributed by atoms with Crippen molar-refractivity contribution in [2.75, 3.05) is 13.2 Å². The van der Waals surface area contributed by atoms with Crippen LogP contribution >= 0.6 is 0 Å². The van der Waals surface area contributed by atoms with Gasteiger partial charge in [-0.15, -0.1) is 0 Å². The standard InChI is InChI=1S/C8H10NO3/c10-6-7(11)8(12)9-4-2-1-3-5-9/h1-2,4,7,10-11H,5-6H2. The summed E-state index contributed by atoms with van der Waals surface area (Å²) in [6.45, 7) is -0.223. The summed E-state index contributed by atoms with van der Waals surface area (Å²) in [7, 11) is 0. The number of rotatable bonds is 2. The highest BCUT2D eigenvalue weighted by atomic mass is 16.3. The van der Waals surface area contributed by atoms with E-state index >= 15 is 0 Å². The first kappa shape index (κ1) is 8.96. The fourth-order valence-electron chi connectivity index (χ4n) is 0.840. The fourth-order valence-corrected chi connectivity index (χ4v) is 0.840. The van der Waals surface area contributed by atoms with Crippen molar-refractivity contribution in [2.24, 2.45) is 0 Å². The van der Waals surface area contributed by atoms with E-state index in [1.165, 1.54) is 11.1 Å². The third-order valence-corrected chi connectivity index (χ3v) is 1.48. The SMILES string of the molecule is O=C(C(O)CO)N1C=CC=[C]C1. The molecule has 65 valence electrons. The average Bonchev–Trinajstić information content (AvgIpc) is 2.17. The third kappa shape index (κ3) is 1.93. The lowest BCUT2D eigenvalue weighted by Gasteiger charge is -2.20. The Morgan fingerprint density at radius 1 is 1.75 bits per heavy atom. The maximum Gasteiger partial charge on any atom is 0.258 e. The zero-order chi connectivity index (χ0) is 8.97. The molecule has 1 amide bonds. The largest absolute Gasteiger partial charge is 0.393 e. The van der Waals surface area contributed by atoms with Crippen molar-refractivity contribution in [3.63, 3.8) is 0 Å². The predicted molar refractivity (Wildman–Crippen MR) is 41.8 cm³/mol. The Bertz CT molecular complexity index is 222. The molecular formula is C8H10NO3. The Labute approximate surface area is 70.4 Å². The van der Waals surface area contributed by atoms with Gasteiger partial charge in [-0.3, -0.25) is 4.79 Å². The molecule has 0 spiro atoms. The van der Waals surface area contributed by atoms with Crippen LogP contribution in [0.1, 0.15) is 0 Å².